The highest BCUT2D eigenvalue weighted by Gasteiger charge is 2.16. The monoisotopic (exact) mass is 387 g/mol. The highest BCUT2D eigenvalue weighted by molar-refractivity contribution is 6.30. The lowest BCUT2D eigenvalue weighted by Gasteiger charge is -2.24. The molecule has 0 unspecified atom stereocenters. The number of nitrogens with zero attached hydrogens (tertiary/aromatic N) is 4. The Labute approximate surface area is 161 Å². The minimum atomic E-state index is -0.560. The van der Waals surface area contributed by atoms with E-state index in [0.717, 1.165) is 11.3 Å². The Hall–Kier alpha value is -2.77. The van der Waals surface area contributed by atoms with E-state index in [1.165, 1.54) is 24.5 Å². The van der Waals surface area contributed by atoms with Gasteiger partial charge in [-0.2, -0.15) is 5.10 Å². The third kappa shape index (κ3) is 4.69. The molecule has 8 heteroatoms. The van der Waals surface area contributed by atoms with E-state index in [1.807, 2.05) is 43.1 Å². The molecule has 0 aliphatic heterocycles. The summed E-state index contributed by atoms with van der Waals surface area (Å²) in [5, 5.41) is 6.94. The van der Waals surface area contributed by atoms with Crippen molar-refractivity contribution in [3.63, 3.8) is 0 Å². The molecule has 3 aromatic rings. The Morgan fingerprint density at radius 2 is 2.04 bits per heavy atom. The van der Waals surface area contributed by atoms with Crippen LogP contribution in [0.1, 0.15) is 18.5 Å². The average molecular weight is 388 g/mol. The summed E-state index contributed by atoms with van der Waals surface area (Å²) in [5.74, 6) is -0.861. The van der Waals surface area contributed by atoms with Gasteiger partial charge in [0.1, 0.15) is 18.5 Å². The van der Waals surface area contributed by atoms with E-state index >= 15 is 0 Å². The van der Waals surface area contributed by atoms with Gasteiger partial charge in [0.15, 0.2) is 0 Å². The van der Waals surface area contributed by atoms with Crippen molar-refractivity contribution in [1.29, 1.82) is 0 Å². The van der Waals surface area contributed by atoms with Crippen LogP contribution in [-0.2, 0) is 4.79 Å². The van der Waals surface area contributed by atoms with Gasteiger partial charge >= 0.3 is 0 Å². The van der Waals surface area contributed by atoms with Gasteiger partial charge < -0.3 is 5.32 Å². The Morgan fingerprint density at radius 1 is 1.30 bits per heavy atom. The number of likely N-dealkylation sites (N-methyl/N-ethyl adjacent to an activating group) is 1. The van der Waals surface area contributed by atoms with E-state index in [4.69, 9.17) is 11.6 Å². The summed E-state index contributed by atoms with van der Waals surface area (Å²) in [4.78, 5) is 18.0. The number of aromatic nitrogens is 3. The lowest BCUT2D eigenvalue weighted by Crippen LogP contribution is -2.32. The molecule has 0 aliphatic rings. The van der Waals surface area contributed by atoms with Crippen molar-refractivity contribution in [2.24, 2.45) is 0 Å². The molecule has 0 spiro atoms. The predicted octanol–water partition coefficient (Wildman–Crippen LogP) is 3.69. The summed E-state index contributed by atoms with van der Waals surface area (Å²) in [6.07, 6.45) is 3.11. The largest absolute Gasteiger partial charge is 0.322 e. The fourth-order valence-electron chi connectivity index (χ4n) is 2.65. The molecule has 1 heterocycles. The van der Waals surface area contributed by atoms with Crippen LogP contribution < -0.4 is 5.32 Å². The fraction of sp³-hybridized carbons (Fsp3) is 0.211. The van der Waals surface area contributed by atoms with E-state index < -0.39 is 5.82 Å². The second kappa shape index (κ2) is 8.28. The summed E-state index contributed by atoms with van der Waals surface area (Å²) >= 11 is 5.72. The minimum absolute atomic E-state index is 0.00406. The van der Waals surface area contributed by atoms with Crippen molar-refractivity contribution >= 4 is 23.2 Å². The maximum absolute atomic E-state index is 13.8. The topological polar surface area (TPSA) is 63.1 Å². The average Bonchev–Trinajstić information content (AvgIpc) is 3.18. The molecule has 0 fully saturated rings. The van der Waals surface area contributed by atoms with Crippen LogP contribution >= 0.6 is 11.6 Å². The van der Waals surface area contributed by atoms with Gasteiger partial charge in [-0.05, 0) is 49.9 Å². The lowest BCUT2D eigenvalue weighted by molar-refractivity contribution is -0.117. The Morgan fingerprint density at radius 3 is 2.67 bits per heavy atom. The van der Waals surface area contributed by atoms with Gasteiger partial charge in [0.05, 0.1) is 17.9 Å². The first-order valence-corrected chi connectivity index (χ1v) is 8.72. The third-order valence-electron chi connectivity index (χ3n) is 4.32. The maximum Gasteiger partial charge on any atom is 0.238 e. The van der Waals surface area contributed by atoms with Crippen LogP contribution in [0.25, 0.3) is 5.69 Å². The highest BCUT2D eigenvalue weighted by atomic mass is 35.5. The lowest BCUT2D eigenvalue weighted by atomic mass is 10.1. The molecule has 3 rings (SSSR count). The first-order valence-electron chi connectivity index (χ1n) is 8.34. The summed E-state index contributed by atoms with van der Waals surface area (Å²) in [6.45, 7) is 2.12. The van der Waals surface area contributed by atoms with Gasteiger partial charge in [-0.3, -0.25) is 9.69 Å². The third-order valence-corrected chi connectivity index (χ3v) is 4.55. The van der Waals surface area contributed by atoms with Crippen LogP contribution in [0.4, 0.5) is 10.1 Å². The van der Waals surface area contributed by atoms with Gasteiger partial charge in [-0.1, -0.05) is 23.7 Å². The first-order chi connectivity index (χ1) is 12.9. The van der Waals surface area contributed by atoms with Gasteiger partial charge in [0, 0.05) is 11.1 Å². The molecule has 1 N–H and O–H groups in total. The summed E-state index contributed by atoms with van der Waals surface area (Å²) in [5.41, 5.74) is 2.07. The van der Waals surface area contributed by atoms with Crippen LogP contribution in [0.15, 0.2) is 55.1 Å². The van der Waals surface area contributed by atoms with Crippen molar-refractivity contribution in [2.45, 2.75) is 13.0 Å². The quantitative estimate of drug-likeness (QED) is 0.700. The molecule has 0 radical (unpaired) electrons. The van der Waals surface area contributed by atoms with Gasteiger partial charge in [0.2, 0.25) is 5.91 Å². The molecular formula is C19H19ClFN5O. The SMILES string of the molecule is C[C@@H](c1ccc(-n2cncn2)cc1)N(C)CC(=O)Nc1ccc(Cl)cc1F. The van der Waals surface area contributed by atoms with Crippen LogP contribution in [0.5, 0.6) is 0 Å². The molecule has 2 aromatic carbocycles. The molecule has 0 aliphatic carbocycles. The maximum atomic E-state index is 13.8. The zero-order valence-electron chi connectivity index (χ0n) is 14.9. The fourth-order valence-corrected chi connectivity index (χ4v) is 2.80. The number of anilines is 1. The van der Waals surface area contributed by atoms with E-state index in [9.17, 15) is 9.18 Å². The molecule has 140 valence electrons. The van der Waals surface area contributed by atoms with Gasteiger partial charge in [-0.15, -0.1) is 0 Å². The standard InChI is InChI=1S/C19H19ClFN5O/c1-13(14-3-6-16(7-4-14)26-12-22-11-23-26)25(2)10-19(27)24-18-8-5-15(20)9-17(18)21/h3-9,11-13H,10H2,1-2H3,(H,24,27)/t13-/m0/s1. The van der Waals surface area contributed by atoms with Crippen LogP contribution in [0.3, 0.4) is 0 Å². The molecular weight excluding hydrogens is 369 g/mol. The number of carbonyl (C=O) groups excluding carboxylic acids is 1. The normalized spacial score (nSPS) is 12.2. The Bertz CT molecular complexity index is 914. The van der Waals surface area contributed by atoms with Gasteiger partial charge in [0.25, 0.3) is 0 Å². The van der Waals surface area contributed by atoms with Crippen LogP contribution in [0.2, 0.25) is 5.02 Å². The zero-order valence-corrected chi connectivity index (χ0v) is 15.7. The first kappa shape index (κ1) is 19.0. The number of hydrogen-bond donors (Lipinski definition) is 1. The van der Waals surface area contributed by atoms with E-state index in [0.29, 0.717) is 0 Å². The van der Waals surface area contributed by atoms with E-state index in [1.54, 1.807) is 11.0 Å². The zero-order chi connectivity index (χ0) is 19.4. The molecule has 1 aromatic heterocycles. The molecule has 6 nitrogen and oxygen atoms in total. The molecule has 0 saturated carbocycles. The smallest absolute Gasteiger partial charge is 0.238 e. The Balaban J connectivity index is 1.61. The van der Waals surface area contributed by atoms with Crippen LogP contribution in [-0.4, -0.2) is 39.2 Å². The number of hydrogen-bond acceptors (Lipinski definition) is 4. The Kier molecular flexibility index (Phi) is 5.83. The van der Waals surface area contributed by atoms with Crippen molar-refractivity contribution in [3.8, 4) is 5.69 Å². The van der Waals surface area contributed by atoms with E-state index in [2.05, 4.69) is 15.4 Å². The molecule has 1 amide bonds. The predicted molar refractivity (Wildman–Crippen MR) is 102 cm³/mol. The van der Waals surface area contributed by atoms with Crippen molar-refractivity contribution in [3.05, 3.63) is 71.5 Å². The van der Waals surface area contributed by atoms with Crippen molar-refractivity contribution < 1.29 is 9.18 Å². The second-order valence-corrected chi connectivity index (χ2v) is 6.63. The second-order valence-electron chi connectivity index (χ2n) is 6.20. The number of nitrogens with one attached hydrogen (secondary N) is 1. The van der Waals surface area contributed by atoms with Gasteiger partial charge in [-0.25, -0.2) is 14.1 Å². The molecule has 27 heavy (non-hydrogen) atoms. The van der Waals surface area contributed by atoms with Crippen LogP contribution in [0, 0.1) is 5.82 Å². The molecule has 0 saturated heterocycles. The highest BCUT2D eigenvalue weighted by Crippen LogP contribution is 2.21. The summed E-state index contributed by atoms with van der Waals surface area (Å²) < 4.78 is 15.5. The number of halogens is 2. The van der Waals surface area contributed by atoms with Crippen molar-refractivity contribution in [2.75, 3.05) is 18.9 Å². The van der Waals surface area contributed by atoms with E-state index in [-0.39, 0.29) is 29.2 Å². The summed E-state index contributed by atoms with van der Waals surface area (Å²) in [6, 6.07) is 12.0. The summed E-state index contributed by atoms with van der Waals surface area (Å²) in [7, 11) is 1.84. The molecule has 0 bridgehead atoms. The number of benzene rings is 2. The van der Waals surface area contributed by atoms with Crippen molar-refractivity contribution in [1.82, 2.24) is 19.7 Å². The number of rotatable bonds is 6. The number of amides is 1. The minimum Gasteiger partial charge on any atom is -0.322 e. The number of carbonyl (C=O) groups is 1. The molecule has 1 atom stereocenters.